The van der Waals surface area contributed by atoms with Crippen LogP contribution in [-0.2, 0) is 10.2 Å². The van der Waals surface area contributed by atoms with Crippen LogP contribution in [0.1, 0.15) is 38.2 Å². The SMILES string of the molecule is CCOC(=O)N1CCC(CN2CCC3(CC2)COc2ccc(Cl)cc23)CC1. The minimum Gasteiger partial charge on any atom is -0.492 e. The predicted molar refractivity (Wildman–Crippen MR) is 106 cm³/mol. The van der Waals surface area contributed by atoms with Crippen LogP contribution >= 0.6 is 11.6 Å². The Balaban J connectivity index is 1.28. The van der Waals surface area contributed by atoms with Crippen molar-refractivity contribution < 1.29 is 14.3 Å². The number of fused-ring (bicyclic) bond motifs is 2. The lowest BCUT2D eigenvalue weighted by atomic mass is 9.74. The van der Waals surface area contributed by atoms with Gasteiger partial charge in [0.1, 0.15) is 5.75 Å². The second kappa shape index (κ2) is 7.88. The average molecular weight is 393 g/mol. The van der Waals surface area contributed by atoms with Crippen LogP contribution in [0.15, 0.2) is 18.2 Å². The summed E-state index contributed by atoms with van der Waals surface area (Å²) in [5.74, 6) is 1.69. The Hall–Kier alpha value is -1.46. The summed E-state index contributed by atoms with van der Waals surface area (Å²) in [6.07, 6.45) is 4.24. The molecule has 27 heavy (non-hydrogen) atoms. The van der Waals surface area contributed by atoms with Crippen molar-refractivity contribution >= 4 is 17.7 Å². The van der Waals surface area contributed by atoms with Crippen LogP contribution in [0, 0.1) is 5.92 Å². The molecule has 4 rings (SSSR count). The molecule has 0 saturated carbocycles. The van der Waals surface area contributed by atoms with Crippen molar-refractivity contribution in [1.82, 2.24) is 9.80 Å². The molecule has 1 spiro atoms. The number of halogens is 1. The molecule has 2 saturated heterocycles. The van der Waals surface area contributed by atoms with E-state index in [-0.39, 0.29) is 11.5 Å². The van der Waals surface area contributed by atoms with Crippen LogP contribution in [0.3, 0.4) is 0 Å². The Morgan fingerprint density at radius 3 is 2.70 bits per heavy atom. The minimum absolute atomic E-state index is 0.143. The summed E-state index contributed by atoms with van der Waals surface area (Å²) in [6, 6.07) is 6.03. The zero-order chi connectivity index (χ0) is 18.9. The Morgan fingerprint density at radius 1 is 1.26 bits per heavy atom. The number of carbonyl (C=O) groups excluding carboxylic acids is 1. The second-order valence-electron chi connectivity index (χ2n) is 8.14. The largest absolute Gasteiger partial charge is 0.492 e. The Morgan fingerprint density at radius 2 is 2.00 bits per heavy atom. The summed E-state index contributed by atoms with van der Waals surface area (Å²) in [7, 11) is 0. The van der Waals surface area contributed by atoms with Crippen LogP contribution in [-0.4, -0.2) is 61.8 Å². The molecular formula is C21H29ClN2O3. The van der Waals surface area contributed by atoms with Crippen LogP contribution in [0.5, 0.6) is 5.75 Å². The first-order valence-electron chi connectivity index (χ1n) is 10.2. The molecule has 0 atom stereocenters. The van der Waals surface area contributed by atoms with E-state index in [9.17, 15) is 4.79 Å². The predicted octanol–water partition coefficient (Wildman–Crippen LogP) is 3.93. The van der Waals surface area contributed by atoms with E-state index >= 15 is 0 Å². The van der Waals surface area contributed by atoms with Gasteiger partial charge in [-0.15, -0.1) is 0 Å². The third-order valence-corrected chi connectivity index (χ3v) is 6.72. The first kappa shape index (κ1) is 18.9. The van der Waals surface area contributed by atoms with E-state index in [1.54, 1.807) is 0 Å². The molecule has 3 aliphatic rings. The maximum Gasteiger partial charge on any atom is 0.409 e. The molecule has 0 aliphatic carbocycles. The van der Waals surface area contributed by atoms with Gasteiger partial charge in [0.2, 0.25) is 0 Å². The van der Waals surface area contributed by atoms with Crippen LogP contribution in [0.25, 0.3) is 0 Å². The van der Waals surface area contributed by atoms with Gasteiger partial charge in [-0.25, -0.2) is 4.79 Å². The highest BCUT2D eigenvalue weighted by Crippen LogP contribution is 2.46. The molecule has 0 radical (unpaired) electrons. The summed E-state index contributed by atoms with van der Waals surface area (Å²) in [6.45, 7) is 8.08. The van der Waals surface area contributed by atoms with E-state index < -0.39 is 0 Å². The molecule has 0 bridgehead atoms. The summed E-state index contributed by atoms with van der Waals surface area (Å²) in [5, 5.41) is 0.800. The molecule has 2 fully saturated rings. The van der Waals surface area contributed by atoms with Crippen molar-refractivity contribution in [2.45, 2.75) is 38.0 Å². The van der Waals surface area contributed by atoms with Gasteiger partial charge >= 0.3 is 6.09 Å². The van der Waals surface area contributed by atoms with E-state index in [1.807, 2.05) is 24.0 Å². The quantitative estimate of drug-likeness (QED) is 0.781. The van der Waals surface area contributed by atoms with E-state index in [1.165, 1.54) is 5.56 Å². The molecule has 0 N–H and O–H groups in total. The van der Waals surface area contributed by atoms with Crippen molar-refractivity contribution in [3.63, 3.8) is 0 Å². The number of nitrogens with zero attached hydrogens (tertiary/aromatic N) is 2. The molecule has 6 heteroatoms. The number of carbonyl (C=O) groups is 1. The van der Waals surface area contributed by atoms with Gasteiger partial charge in [0, 0.05) is 35.6 Å². The number of amides is 1. The molecular weight excluding hydrogens is 364 g/mol. The molecule has 3 aliphatic heterocycles. The normalized spacial score (nSPS) is 22.5. The highest BCUT2D eigenvalue weighted by molar-refractivity contribution is 6.30. The standard InChI is InChI=1S/C21H29ClN2O3/c1-2-26-20(25)24-9-5-16(6-10-24)14-23-11-7-21(8-12-23)15-27-19-4-3-17(22)13-18(19)21/h3-4,13,16H,2,5-12,14-15H2,1H3. The first-order chi connectivity index (χ1) is 13.1. The summed E-state index contributed by atoms with van der Waals surface area (Å²) >= 11 is 6.23. The summed E-state index contributed by atoms with van der Waals surface area (Å²) < 4.78 is 11.1. The molecule has 148 valence electrons. The fraction of sp³-hybridized carbons (Fsp3) is 0.667. The number of piperidine rings is 2. The lowest BCUT2D eigenvalue weighted by Crippen LogP contribution is -2.47. The minimum atomic E-state index is -0.158. The monoisotopic (exact) mass is 392 g/mol. The van der Waals surface area contributed by atoms with Gasteiger partial charge in [0.15, 0.2) is 0 Å². The van der Waals surface area contributed by atoms with Crippen LogP contribution in [0.2, 0.25) is 5.02 Å². The van der Waals surface area contributed by atoms with E-state index in [4.69, 9.17) is 21.1 Å². The van der Waals surface area contributed by atoms with E-state index in [0.717, 1.165) is 75.8 Å². The van der Waals surface area contributed by atoms with Crippen molar-refractivity contribution in [2.24, 2.45) is 5.92 Å². The fourth-order valence-electron chi connectivity index (χ4n) is 4.79. The number of ether oxygens (including phenoxy) is 2. The lowest BCUT2D eigenvalue weighted by Gasteiger charge is -2.41. The maximum absolute atomic E-state index is 11.8. The molecule has 3 heterocycles. The topological polar surface area (TPSA) is 42.0 Å². The number of hydrogen-bond donors (Lipinski definition) is 0. The molecule has 1 aromatic carbocycles. The van der Waals surface area contributed by atoms with Gasteiger partial charge in [0.05, 0.1) is 13.2 Å². The Labute approximate surface area is 166 Å². The average Bonchev–Trinajstić information content (AvgIpc) is 3.02. The van der Waals surface area contributed by atoms with Crippen molar-refractivity contribution in [3.05, 3.63) is 28.8 Å². The fourth-order valence-corrected chi connectivity index (χ4v) is 4.96. The molecule has 0 aromatic heterocycles. The smallest absolute Gasteiger partial charge is 0.409 e. The molecule has 0 unspecified atom stereocenters. The van der Waals surface area contributed by atoms with Gasteiger partial charge in [0.25, 0.3) is 0 Å². The summed E-state index contributed by atoms with van der Waals surface area (Å²) in [5.41, 5.74) is 1.45. The maximum atomic E-state index is 11.8. The Kier molecular flexibility index (Phi) is 5.51. The lowest BCUT2D eigenvalue weighted by molar-refractivity contribution is 0.0767. The third-order valence-electron chi connectivity index (χ3n) is 6.49. The van der Waals surface area contributed by atoms with Crippen LogP contribution in [0.4, 0.5) is 4.79 Å². The van der Waals surface area contributed by atoms with Gasteiger partial charge in [-0.1, -0.05) is 11.6 Å². The van der Waals surface area contributed by atoms with Crippen LogP contribution < -0.4 is 4.74 Å². The van der Waals surface area contributed by atoms with E-state index in [2.05, 4.69) is 11.0 Å². The molecule has 1 amide bonds. The number of likely N-dealkylation sites (tertiary alicyclic amines) is 2. The van der Waals surface area contributed by atoms with E-state index in [0.29, 0.717) is 12.5 Å². The van der Waals surface area contributed by atoms with Gasteiger partial charge in [-0.2, -0.15) is 0 Å². The Bertz CT molecular complexity index is 680. The molecule has 5 nitrogen and oxygen atoms in total. The van der Waals surface area contributed by atoms with Gasteiger partial charge in [-0.05, 0) is 69.8 Å². The molecule has 1 aromatic rings. The first-order valence-corrected chi connectivity index (χ1v) is 10.5. The van der Waals surface area contributed by atoms with Gasteiger partial charge in [-0.3, -0.25) is 0 Å². The third kappa shape index (κ3) is 3.90. The highest BCUT2D eigenvalue weighted by atomic mass is 35.5. The zero-order valence-electron chi connectivity index (χ0n) is 16.1. The van der Waals surface area contributed by atoms with Crippen molar-refractivity contribution in [3.8, 4) is 5.75 Å². The second-order valence-corrected chi connectivity index (χ2v) is 8.58. The van der Waals surface area contributed by atoms with Crippen molar-refractivity contribution in [1.29, 1.82) is 0 Å². The summed E-state index contributed by atoms with van der Waals surface area (Å²) in [4.78, 5) is 16.3. The number of hydrogen-bond acceptors (Lipinski definition) is 4. The number of benzene rings is 1. The van der Waals surface area contributed by atoms with Crippen molar-refractivity contribution in [2.75, 3.05) is 45.9 Å². The van der Waals surface area contributed by atoms with Gasteiger partial charge < -0.3 is 19.3 Å². The number of rotatable bonds is 3. The highest BCUT2D eigenvalue weighted by Gasteiger charge is 2.43. The zero-order valence-corrected chi connectivity index (χ0v) is 16.8.